The Bertz CT molecular complexity index is 1240. The molecule has 1 aromatic carbocycles. The molecule has 272 valence electrons. The Kier molecular flexibility index (Phi) is 19.9. The van der Waals surface area contributed by atoms with Gasteiger partial charge in [-0.2, -0.15) is 0 Å². The van der Waals surface area contributed by atoms with E-state index in [1.165, 1.54) is 6.26 Å². The first-order valence-corrected chi connectivity index (χ1v) is 16.5. The lowest BCUT2D eigenvalue weighted by Crippen LogP contribution is -2.40. The van der Waals surface area contributed by atoms with Crippen molar-refractivity contribution in [3.63, 3.8) is 0 Å². The van der Waals surface area contributed by atoms with E-state index in [0.717, 1.165) is 0 Å². The molecule has 4 rings (SSSR count). The lowest BCUT2D eigenvalue weighted by Gasteiger charge is -2.30. The number of nitrogens with one attached hydrogen (secondary N) is 1. The number of benzene rings is 1. The zero-order chi connectivity index (χ0) is 36.4. The van der Waals surface area contributed by atoms with E-state index in [4.69, 9.17) is 29.8 Å². The van der Waals surface area contributed by atoms with Gasteiger partial charge in [0.05, 0.1) is 31.7 Å². The maximum Gasteiger partial charge on any atom is 0.347 e. The van der Waals surface area contributed by atoms with Gasteiger partial charge >= 0.3 is 5.97 Å². The minimum atomic E-state index is -0.752. The number of amides is 1. The zero-order valence-electron chi connectivity index (χ0n) is 29.1. The highest BCUT2D eigenvalue weighted by molar-refractivity contribution is 5.97. The van der Waals surface area contributed by atoms with Crippen LogP contribution >= 0.6 is 0 Å². The van der Waals surface area contributed by atoms with Gasteiger partial charge in [-0.25, -0.2) is 14.9 Å². The number of aliphatic hydroxyl groups excluding tert-OH is 2. The average molecular weight is 682 g/mol. The molecule has 1 aromatic rings. The van der Waals surface area contributed by atoms with Crippen LogP contribution < -0.4 is 14.9 Å². The van der Waals surface area contributed by atoms with Crippen molar-refractivity contribution in [2.45, 2.75) is 105 Å². The van der Waals surface area contributed by atoms with Gasteiger partial charge in [-0.1, -0.05) is 52.8 Å². The summed E-state index contributed by atoms with van der Waals surface area (Å²) in [5.74, 6) is -1.10. The number of hydrogen-bond acceptors (Lipinski definition) is 12. The largest absolute Gasteiger partial charge is 0.493 e. The van der Waals surface area contributed by atoms with Crippen LogP contribution in [0.5, 0.6) is 11.5 Å². The van der Waals surface area contributed by atoms with Crippen LogP contribution in [-0.4, -0.2) is 74.6 Å². The molecular formula is C35H55NO12. The number of allylic oxidation sites excluding steroid dienone is 4. The molecule has 13 heteroatoms. The fourth-order valence-corrected chi connectivity index (χ4v) is 6.18. The first-order chi connectivity index (χ1) is 23.1. The minimum Gasteiger partial charge on any atom is -0.493 e. The SMILES string of the molecule is CC.CCOc1c(C)c(OO)c2c3c1C(=O)O/C=C/CCC(OO)[C@H](C)C(O)[C@H](C)CC(C)/C=C/C=C(/CO)C(=O)NC(CC3)C2.OO. The summed E-state index contributed by atoms with van der Waals surface area (Å²) in [6.45, 7) is 13.0. The van der Waals surface area contributed by atoms with Crippen LogP contribution in [0.2, 0.25) is 0 Å². The van der Waals surface area contributed by atoms with Gasteiger partial charge in [-0.15, -0.1) is 0 Å². The fraction of sp³-hybridized carbons (Fsp3) is 0.600. The van der Waals surface area contributed by atoms with E-state index >= 15 is 0 Å². The van der Waals surface area contributed by atoms with E-state index in [9.17, 15) is 30.3 Å². The molecule has 3 aliphatic rings. The number of fused-ring (bicyclic) bond motifs is 15. The fourth-order valence-electron chi connectivity index (χ4n) is 6.18. The Hall–Kier alpha value is -3.30. The third kappa shape index (κ3) is 11.4. The second-order valence-electron chi connectivity index (χ2n) is 11.8. The smallest absolute Gasteiger partial charge is 0.347 e. The number of rotatable bonds is 5. The van der Waals surface area contributed by atoms with Gasteiger partial charge in [0.15, 0.2) is 5.75 Å². The van der Waals surface area contributed by atoms with Gasteiger partial charge in [0.2, 0.25) is 5.91 Å². The summed E-state index contributed by atoms with van der Waals surface area (Å²) >= 11 is 0. The normalized spacial score (nSPS) is 27.7. The predicted molar refractivity (Wildman–Crippen MR) is 180 cm³/mol. The Labute approximate surface area is 283 Å². The van der Waals surface area contributed by atoms with Gasteiger partial charge < -0.3 is 29.9 Å². The molecule has 4 bridgehead atoms. The Morgan fingerprint density at radius 2 is 1.73 bits per heavy atom. The molecule has 1 aliphatic carbocycles. The van der Waals surface area contributed by atoms with Crippen molar-refractivity contribution in [3.8, 4) is 11.5 Å². The maximum absolute atomic E-state index is 13.4. The van der Waals surface area contributed by atoms with Crippen LogP contribution in [0.3, 0.4) is 0 Å². The van der Waals surface area contributed by atoms with Crippen LogP contribution in [0.4, 0.5) is 0 Å². The zero-order valence-corrected chi connectivity index (χ0v) is 29.1. The van der Waals surface area contributed by atoms with Crippen LogP contribution in [0.25, 0.3) is 0 Å². The monoisotopic (exact) mass is 681 g/mol. The molecule has 1 amide bonds. The van der Waals surface area contributed by atoms with E-state index in [2.05, 4.69) is 5.32 Å². The highest BCUT2D eigenvalue weighted by Crippen LogP contribution is 2.42. The highest BCUT2D eigenvalue weighted by atomic mass is 17.1. The summed E-state index contributed by atoms with van der Waals surface area (Å²) in [6.07, 6.45) is 9.31. The van der Waals surface area contributed by atoms with Crippen LogP contribution in [0.1, 0.15) is 94.3 Å². The molecular weight excluding hydrogens is 626 g/mol. The van der Waals surface area contributed by atoms with Crippen molar-refractivity contribution >= 4 is 11.9 Å². The molecule has 0 saturated heterocycles. The molecule has 0 aromatic heterocycles. The molecule has 13 nitrogen and oxygen atoms in total. The van der Waals surface area contributed by atoms with Crippen molar-refractivity contribution in [1.29, 1.82) is 0 Å². The summed E-state index contributed by atoms with van der Waals surface area (Å²) in [6, 6.07) is -0.351. The molecule has 2 heterocycles. The molecule has 0 spiro atoms. The van der Waals surface area contributed by atoms with Gasteiger partial charge in [0.1, 0.15) is 11.3 Å². The summed E-state index contributed by atoms with van der Waals surface area (Å²) < 4.78 is 11.3. The van der Waals surface area contributed by atoms with Crippen LogP contribution in [0.15, 0.2) is 36.1 Å². The molecule has 0 radical (unpaired) electrons. The van der Waals surface area contributed by atoms with Gasteiger partial charge in [0.25, 0.3) is 0 Å². The highest BCUT2D eigenvalue weighted by Gasteiger charge is 2.34. The molecule has 6 atom stereocenters. The maximum atomic E-state index is 13.4. The number of carbonyl (C=O) groups excluding carboxylic acids is 2. The van der Waals surface area contributed by atoms with E-state index in [1.807, 2.05) is 40.7 Å². The number of carbonyl (C=O) groups is 2. The molecule has 48 heavy (non-hydrogen) atoms. The quantitative estimate of drug-likeness (QED) is 0.113. The molecule has 0 fully saturated rings. The van der Waals surface area contributed by atoms with Crippen molar-refractivity contribution in [2.24, 2.45) is 17.8 Å². The summed E-state index contributed by atoms with van der Waals surface area (Å²) in [7, 11) is 0. The van der Waals surface area contributed by atoms with E-state index < -0.39 is 30.7 Å². The third-order valence-electron chi connectivity index (χ3n) is 8.64. The number of aliphatic hydroxyl groups is 2. The summed E-state index contributed by atoms with van der Waals surface area (Å²) in [5.41, 5.74) is 1.99. The lowest BCUT2D eigenvalue weighted by atomic mass is 9.82. The van der Waals surface area contributed by atoms with Crippen LogP contribution in [-0.2, 0) is 27.3 Å². The predicted octanol–water partition coefficient (Wildman–Crippen LogP) is 5.72. The van der Waals surface area contributed by atoms with Crippen molar-refractivity contribution < 1.29 is 60.1 Å². The average Bonchev–Trinajstić information content (AvgIpc) is 3.09. The second-order valence-corrected chi connectivity index (χ2v) is 11.8. The first-order valence-electron chi connectivity index (χ1n) is 16.5. The second kappa shape index (κ2) is 22.4. The Balaban J connectivity index is 0.00000277. The van der Waals surface area contributed by atoms with Crippen molar-refractivity contribution in [3.05, 3.63) is 58.4 Å². The van der Waals surface area contributed by atoms with Gasteiger partial charge in [-0.3, -0.25) is 20.6 Å². The van der Waals surface area contributed by atoms with Crippen LogP contribution in [0, 0.1) is 24.7 Å². The summed E-state index contributed by atoms with van der Waals surface area (Å²) in [4.78, 5) is 36.1. The standard InChI is InChI=1S/C33H47NO10.C2H6.H2O2/c1-6-41-31-22(5)30(44-40)26-17-24-13-14-25(26)28(31)33(38)42-15-8-7-12-27(43-39)21(4)29(36)20(3)16-19(2)10-9-11-23(18-35)32(37)34-24;2*1-2/h8-11,15,19-21,24,27,29,35-36,39-40H,6-7,12-14,16-18H2,1-5H3,(H,34,37);1-2H3;1-2H/b10-9+,15-8+,23-11-;;/t19?,20-,21+,24?,27?,29?;;/m1../s1. The Morgan fingerprint density at radius 3 is 2.33 bits per heavy atom. The molecule has 2 aliphatic heterocycles. The molecule has 7 N–H and O–H groups in total. The minimum absolute atomic E-state index is 0.0598. The Morgan fingerprint density at radius 1 is 1.04 bits per heavy atom. The summed E-state index contributed by atoms with van der Waals surface area (Å²) in [5, 5.41) is 55.3. The number of ether oxygens (including phenoxy) is 2. The molecule has 0 saturated carbocycles. The van der Waals surface area contributed by atoms with E-state index in [-0.39, 0.29) is 59.5 Å². The number of hydrogen-bond donors (Lipinski definition) is 7. The van der Waals surface area contributed by atoms with Gasteiger partial charge in [0, 0.05) is 28.7 Å². The van der Waals surface area contributed by atoms with Crippen molar-refractivity contribution in [1.82, 2.24) is 5.32 Å². The lowest BCUT2D eigenvalue weighted by molar-refractivity contribution is -0.296. The third-order valence-corrected chi connectivity index (χ3v) is 8.64. The van der Waals surface area contributed by atoms with E-state index in [1.54, 1.807) is 32.1 Å². The number of esters is 1. The van der Waals surface area contributed by atoms with Gasteiger partial charge in [-0.05, 0) is 75.8 Å². The topological polar surface area (TPSA) is 204 Å². The first kappa shape index (κ1) is 42.7. The van der Waals surface area contributed by atoms with E-state index in [0.29, 0.717) is 48.8 Å². The molecule has 4 unspecified atom stereocenters. The van der Waals surface area contributed by atoms with Crippen molar-refractivity contribution in [2.75, 3.05) is 13.2 Å².